The maximum absolute atomic E-state index is 15.8. The minimum atomic E-state index is -1.75. The first-order chi connectivity index (χ1) is 20.3. The molecular formula is C32H32BCl2F2N3O3. The Morgan fingerprint density at radius 2 is 1.86 bits per heavy atom. The van der Waals surface area contributed by atoms with Gasteiger partial charge in [0.1, 0.15) is 28.5 Å². The van der Waals surface area contributed by atoms with Gasteiger partial charge in [-0.25, -0.2) is 8.78 Å². The quantitative estimate of drug-likeness (QED) is 0.267. The Bertz CT molecular complexity index is 1610. The van der Waals surface area contributed by atoms with E-state index >= 15 is 8.78 Å². The van der Waals surface area contributed by atoms with Gasteiger partial charge in [-0.05, 0) is 53.8 Å². The Morgan fingerprint density at radius 1 is 1.14 bits per heavy atom. The predicted octanol–water partition coefficient (Wildman–Crippen LogP) is 6.87. The first kappa shape index (κ1) is 32.5. The van der Waals surface area contributed by atoms with Gasteiger partial charge in [0.25, 0.3) is 0 Å². The lowest BCUT2D eigenvalue weighted by Crippen LogP contribution is -2.45. The fourth-order valence-corrected chi connectivity index (χ4v) is 6.28. The van der Waals surface area contributed by atoms with Crippen molar-refractivity contribution in [2.45, 2.75) is 57.4 Å². The highest BCUT2D eigenvalue weighted by Gasteiger charge is 2.61. The summed E-state index contributed by atoms with van der Waals surface area (Å²) in [6, 6.07) is 13.3. The molecule has 0 aliphatic carbocycles. The molecule has 0 radical (unpaired) electrons. The zero-order chi connectivity index (χ0) is 31.7. The molecular weight excluding hydrogens is 594 g/mol. The Kier molecular flexibility index (Phi) is 9.55. The van der Waals surface area contributed by atoms with E-state index in [2.05, 4.69) is 16.7 Å². The van der Waals surface area contributed by atoms with Crippen LogP contribution in [0.25, 0.3) is 0 Å². The number of methoxy groups -OCH3 is 1. The first-order valence-corrected chi connectivity index (χ1v) is 14.6. The molecule has 0 spiro atoms. The van der Waals surface area contributed by atoms with E-state index in [0.717, 1.165) is 6.07 Å². The van der Waals surface area contributed by atoms with Crippen molar-refractivity contribution in [2.24, 2.45) is 5.41 Å². The number of nitrogens with one attached hydrogen (secondary N) is 2. The van der Waals surface area contributed by atoms with E-state index in [0.29, 0.717) is 19.3 Å². The Hall–Kier alpha value is -3.45. The maximum Gasteiger partial charge on any atom is 0.242 e. The molecule has 2 N–H and O–H groups in total. The number of rotatable bonds is 8. The Labute approximate surface area is 261 Å². The van der Waals surface area contributed by atoms with Gasteiger partial charge in [-0.15, -0.1) is 0 Å². The minimum Gasteiger partial charge on any atom is -0.495 e. The molecule has 1 heterocycles. The van der Waals surface area contributed by atoms with E-state index in [1.54, 1.807) is 19.0 Å². The fraction of sp³-hybridized carbons (Fsp3) is 0.344. The normalized spacial score (nSPS) is 21.6. The average molecular weight is 626 g/mol. The molecule has 4 rings (SSSR count). The SMILES string of the molecule is CBC(=O)c1ccc(NC(=O)[C@@H]2N[C@@H](CC(C)(C)C)[C@](C#N)(c3ccc(Cl)cc3F)[C@H]2c2cccc(Cl)c2F)c(OC)c1. The van der Waals surface area contributed by atoms with Gasteiger partial charge in [0.05, 0.1) is 29.9 Å². The summed E-state index contributed by atoms with van der Waals surface area (Å²) in [5.41, 5.74) is -1.56. The monoisotopic (exact) mass is 625 g/mol. The van der Waals surface area contributed by atoms with E-state index in [4.69, 9.17) is 27.9 Å². The molecule has 43 heavy (non-hydrogen) atoms. The van der Waals surface area contributed by atoms with Crippen LogP contribution in [0.1, 0.15) is 54.6 Å². The van der Waals surface area contributed by atoms with E-state index in [1.165, 1.54) is 43.5 Å². The number of nitriles is 1. The third-order valence-corrected chi connectivity index (χ3v) is 8.36. The van der Waals surface area contributed by atoms with E-state index in [1.807, 2.05) is 20.8 Å². The zero-order valence-electron chi connectivity index (χ0n) is 24.5. The summed E-state index contributed by atoms with van der Waals surface area (Å²) in [5, 5.41) is 17.0. The summed E-state index contributed by atoms with van der Waals surface area (Å²) in [6.07, 6.45) is 0.336. The molecule has 224 valence electrons. The second-order valence-electron chi connectivity index (χ2n) is 11.9. The molecule has 1 amide bonds. The fourth-order valence-electron chi connectivity index (χ4n) is 5.94. The van der Waals surface area contributed by atoms with Crippen LogP contribution in [0.2, 0.25) is 16.9 Å². The number of carbonyl (C=O) groups excluding carboxylic acids is 2. The van der Waals surface area contributed by atoms with Gasteiger partial charge in [0.15, 0.2) is 0 Å². The molecule has 0 bridgehead atoms. The number of hydrogen-bond donors (Lipinski definition) is 2. The third-order valence-electron chi connectivity index (χ3n) is 7.83. The molecule has 1 aliphatic rings. The smallest absolute Gasteiger partial charge is 0.242 e. The van der Waals surface area contributed by atoms with Crippen LogP contribution in [0.15, 0.2) is 54.6 Å². The lowest BCUT2D eigenvalue weighted by atomic mass is 9.62. The average Bonchev–Trinajstić information content (AvgIpc) is 3.27. The largest absolute Gasteiger partial charge is 0.495 e. The van der Waals surface area contributed by atoms with Crippen LogP contribution in [-0.2, 0) is 10.2 Å². The second kappa shape index (κ2) is 12.7. The standard InChI is InChI=1S/C32H32BCl2F2N3O3/c1-31(2,3)15-25-32(16-38,20-11-10-18(34)14-22(20)36)26(19-7-6-8-21(35)27(19)37)28(40-25)30(42)39-23-12-9-17(29(41)33-4)13-24(23)43-5/h6-14,25-26,28,33,40H,15H2,1-5H3,(H,39,42)/t25-,26-,28+,32-/m0/s1. The van der Waals surface area contributed by atoms with Gasteiger partial charge in [0.2, 0.25) is 13.2 Å². The molecule has 3 aromatic rings. The summed E-state index contributed by atoms with van der Waals surface area (Å²) in [7, 11) is 1.70. The number of anilines is 1. The summed E-state index contributed by atoms with van der Waals surface area (Å²) < 4.78 is 37.1. The highest BCUT2D eigenvalue weighted by molar-refractivity contribution is 6.76. The van der Waals surface area contributed by atoms with Crippen molar-refractivity contribution in [3.05, 3.63) is 93.0 Å². The lowest BCUT2D eigenvalue weighted by molar-refractivity contribution is -0.118. The van der Waals surface area contributed by atoms with Gasteiger partial charge in [-0.1, -0.05) is 69.0 Å². The summed E-state index contributed by atoms with van der Waals surface area (Å²) in [4.78, 5) is 26.4. The highest BCUT2D eigenvalue weighted by atomic mass is 35.5. The van der Waals surface area contributed by atoms with E-state index in [9.17, 15) is 14.9 Å². The van der Waals surface area contributed by atoms with Gasteiger partial charge >= 0.3 is 0 Å². The van der Waals surface area contributed by atoms with Gasteiger partial charge in [-0.3, -0.25) is 4.79 Å². The van der Waals surface area contributed by atoms with Crippen LogP contribution in [0, 0.1) is 28.4 Å². The molecule has 6 nitrogen and oxygen atoms in total. The number of nitrogens with zero attached hydrogens (tertiary/aromatic N) is 1. The van der Waals surface area contributed by atoms with Crippen molar-refractivity contribution in [1.82, 2.24) is 5.32 Å². The predicted molar refractivity (Wildman–Crippen MR) is 167 cm³/mol. The molecule has 4 atom stereocenters. The maximum atomic E-state index is 15.8. The number of amides is 1. The summed E-state index contributed by atoms with van der Waals surface area (Å²) >= 11 is 12.3. The molecule has 3 aromatic carbocycles. The van der Waals surface area contributed by atoms with Gasteiger partial charge in [0, 0.05) is 28.1 Å². The number of halogens is 4. The topological polar surface area (TPSA) is 91.2 Å². The molecule has 0 unspecified atom stereocenters. The lowest BCUT2D eigenvalue weighted by Gasteiger charge is -2.37. The van der Waals surface area contributed by atoms with Crippen LogP contribution >= 0.6 is 23.2 Å². The van der Waals surface area contributed by atoms with Crippen molar-refractivity contribution >= 4 is 47.8 Å². The Morgan fingerprint density at radius 3 is 2.47 bits per heavy atom. The Balaban J connectivity index is 1.93. The summed E-state index contributed by atoms with van der Waals surface area (Å²) in [5.74, 6) is -3.13. The van der Waals surface area contributed by atoms with Crippen LogP contribution in [0.3, 0.4) is 0 Å². The van der Waals surface area contributed by atoms with Crippen molar-refractivity contribution in [1.29, 1.82) is 5.26 Å². The van der Waals surface area contributed by atoms with E-state index in [-0.39, 0.29) is 43.7 Å². The minimum absolute atomic E-state index is 0.0108. The number of ether oxygens (including phenoxy) is 1. The number of hydrogen-bond acceptors (Lipinski definition) is 5. The molecule has 1 fully saturated rings. The van der Waals surface area contributed by atoms with E-state index < -0.39 is 41.0 Å². The molecule has 1 aliphatic heterocycles. The second-order valence-corrected chi connectivity index (χ2v) is 12.7. The van der Waals surface area contributed by atoms with Crippen LogP contribution in [0.4, 0.5) is 14.5 Å². The van der Waals surface area contributed by atoms with Gasteiger partial charge < -0.3 is 20.2 Å². The van der Waals surface area contributed by atoms with Crippen LogP contribution < -0.4 is 15.4 Å². The molecule has 1 saturated heterocycles. The molecule has 0 saturated carbocycles. The van der Waals surface area contributed by atoms with Crippen LogP contribution in [0.5, 0.6) is 5.75 Å². The zero-order valence-corrected chi connectivity index (χ0v) is 26.0. The molecule has 11 heteroatoms. The number of carbonyl (C=O) groups is 2. The highest BCUT2D eigenvalue weighted by Crippen LogP contribution is 2.53. The van der Waals surface area contributed by atoms with Crippen molar-refractivity contribution in [2.75, 3.05) is 12.4 Å². The van der Waals surface area contributed by atoms with Crippen molar-refractivity contribution < 1.29 is 23.1 Å². The first-order valence-electron chi connectivity index (χ1n) is 13.9. The third kappa shape index (κ3) is 6.28. The number of benzene rings is 3. The van der Waals surface area contributed by atoms with Crippen molar-refractivity contribution in [3.63, 3.8) is 0 Å². The van der Waals surface area contributed by atoms with Crippen molar-refractivity contribution in [3.8, 4) is 11.8 Å². The van der Waals surface area contributed by atoms with Crippen LogP contribution in [-0.4, -0.2) is 38.1 Å². The molecule has 0 aromatic heterocycles. The van der Waals surface area contributed by atoms with Gasteiger partial charge in [-0.2, -0.15) is 5.26 Å². The summed E-state index contributed by atoms with van der Waals surface area (Å²) in [6.45, 7) is 7.62.